The highest BCUT2D eigenvalue weighted by molar-refractivity contribution is 6.31. The van der Waals surface area contributed by atoms with Crippen molar-refractivity contribution in [1.82, 2.24) is 5.32 Å². The molecule has 0 aliphatic carbocycles. The minimum atomic E-state index is -0.104. The van der Waals surface area contributed by atoms with Gasteiger partial charge < -0.3 is 10.6 Å². The predicted octanol–water partition coefficient (Wildman–Crippen LogP) is 3.70. The molecular formula is C16H17ClN2O. The zero-order chi connectivity index (χ0) is 14.4. The molecule has 2 N–H and O–H groups in total. The number of nitrogens with one attached hydrogen (secondary N) is 2. The first kappa shape index (κ1) is 14.4. The predicted molar refractivity (Wildman–Crippen MR) is 83.2 cm³/mol. The van der Waals surface area contributed by atoms with Gasteiger partial charge in [-0.15, -0.1) is 0 Å². The minimum absolute atomic E-state index is 0.104. The molecule has 0 aromatic heterocycles. The van der Waals surface area contributed by atoms with Gasteiger partial charge in [-0.1, -0.05) is 29.8 Å². The molecule has 2 rings (SSSR count). The SMILES string of the molecule is CCNc1ccc(C(=O)NCc2ccccc2Cl)cc1. The smallest absolute Gasteiger partial charge is 0.251 e. The van der Waals surface area contributed by atoms with E-state index < -0.39 is 0 Å². The molecule has 2 aromatic rings. The lowest BCUT2D eigenvalue weighted by molar-refractivity contribution is 0.0951. The second-order valence-corrected chi connectivity index (χ2v) is 4.79. The van der Waals surface area contributed by atoms with Gasteiger partial charge >= 0.3 is 0 Å². The molecule has 0 fully saturated rings. The maximum atomic E-state index is 12.0. The first-order valence-electron chi connectivity index (χ1n) is 6.56. The van der Waals surface area contributed by atoms with Crippen molar-refractivity contribution in [2.24, 2.45) is 0 Å². The molecule has 0 aliphatic rings. The molecule has 0 saturated carbocycles. The van der Waals surface area contributed by atoms with E-state index >= 15 is 0 Å². The van der Waals surface area contributed by atoms with Gasteiger partial charge in [-0.25, -0.2) is 0 Å². The maximum absolute atomic E-state index is 12.0. The van der Waals surface area contributed by atoms with Crippen molar-refractivity contribution in [2.75, 3.05) is 11.9 Å². The first-order chi connectivity index (χ1) is 9.70. The van der Waals surface area contributed by atoms with E-state index in [0.29, 0.717) is 17.1 Å². The van der Waals surface area contributed by atoms with Crippen LogP contribution in [0.15, 0.2) is 48.5 Å². The summed E-state index contributed by atoms with van der Waals surface area (Å²) in [6.07, 6.45) is 0. The molecule has 0 saturated heterocycles. The summed E-state index contributed by atoms with van der Waals surface area (Å²) in [6, 6.07) is 14.9. The van der Waals surface area contributed by atoms with Gasteiger partial charge in [-0.2, -0.15) is 0 Å². The summed E-state index contributed by atoms with van der Waals surface area (Å²) < 4.78 is 0. The second-order valence-electron chi connectivity index (χ2n) is 4.38. The van der Waals surface area contributed by atoms with Crippen LogP contribution in [-0.4, -0.2) is 12.5 Å². The van der Waals surface area contributed by atoms with Gasteiger partial charge in [0.25, 0.3) is 5.91 Å². The van der Waals surface area contributed by atoms with E-state index in [1.54, 1.807) is 12.1 Å². The van der Waals surface area contributed by atoms with Gasteiger partial charge in [-0.05, 0) is 42.8 Å². The van der Waals surface area contributed by atoms with Crippen LogP contribution in [0.25, 0.3) is 0 Å². The van der Waals surface area contributed by atoms with E-state index in [-0.39, 0.29) is 5.91 Å². The number of halogens is 1. The van der Waals surface area contributed by atoms with Gasteiger partial charge in [0, 0.05) is 29.4 Å². The zero-order valence-electron chi connectivity index (χ0n) is 11.3. The molecule has 0 heterocycles. The van der Waals surface area contributed by atoms with Crippen LogP contribution in [0.2, 0.25) is 5.02 Å². The monoisotopic (exact) mass is 288 g/mol. The summed E-state index contributed by atoms with van der Waals surface area (Å²) in [7, 11) is 0. The molecule has 104 valence electrons. The lowest BCUT2D eigenvalue weighted by atomic mass is 10.1. The Labute approximate surface area is 124 Å². The molecule has 20 heavy (non-hydrogen) atoms. The standard InChI is InChI=1S/C16H17ClN2O/c1-2-18-14-9-7-12(8-10-14)16(20)19-11-13-5-3-4-6-15(13)17/h3-10,18H,2,11H2,1H3,(H,19,20). The van der Waals surface area contributed by atoms with Gasteiger partial charge in [0.15, 0.2) is 0 Å². The van der Waals surface area contributed by atoms with Crippen LogP contribution in [0.3, 0.4) is 0 Å². The van der Waals surface area contributed by atoms with E-state index in [1.165, 1.54) is 0 Å². The third kappa shape index (κ3) is 3.75. The number of hydrogen-bond donors (Lipinski definition) is 2. The number of carbonyl (C=O) groups is 1. The lowest BCUT2D eigenvalue weighted by Gasteiger charge is -2.08. The summed E-state index contributed by atoms with van der Waals surface area (Å²) in [5.41, 5.74) is 2.56. The first-order valence-corrected chi connectivity index (χ1v) is 6.94. The molecule has 1 amide bonds. The Morgan fingerprint density at radius 1 is 1.10 bits per heavy atom. The summed E-state index contributed by atoms with van der Waals surface area (Å²) in [4.78, 5) is 12.0. The third-order valence-corrected chi connectivity index (χ3v) is 3.29. The number of amides is 1. The highest BCUT2D eigenvalue weighted by Gasteiger charge is 2.06. The number of benzene rings is 2. The van der Waals surface area contributed by atoms with E-state index in [4.69, 9.17) is 11.6 Å². The number of carbonyl (C=O) groups excluding carboxylic acids is 1. The van der Waals surface area contributed by atoms with Crippen molar-refractivity contribution in [2.45, 2.75) is 13.5 Å². The van der Waals surface area contributed by atoms with E-state index in [1.807, 2.05) is 43.3 Å². The van der Waals surface area contributed by atoms with Crippen LogP contribution in [0.4, 0.5) is 5.69 Å². The van der Waals surface area contributed by atoms with Gasteiger partial charge in [0.05, 0.1) is 0 Å². The number of rotatable bonds is 5. The molecular weight excluding hydrogens is 272 g/mol. The maximum Gasteiger partial charge on any atom is 0.251 e. The van der Waals surface area contributed by atoms with E-state index in [9.17, 15) is 4.79 Å². The van der Waals surface area contributed by atoms with Crippen molar-refractivity contribution in [3.05, 3.63) is 64.7 Å². The molecule has 0 radical (unpaired) electrons. The van der Waals surface area contributed by atoms with Gasteiger partial charge in [0.1, 0.15) is 0 Å². The van der Waals surface area contributed by atoms with Crippen molar-refractivity contribution in [3.8, 4) is 0 Å². The average molecular weight is 289 g/mol. The Balaban J connectivity index is 1.96. The Kier molecular flexibility index (Phi) is 5.02. The molecule has 0 bridgehead atoms. The Bertz CT molecular complexity index is 581. The summed E-state index contributed by atoms with van der Waals surface area (Å²) in [5.74, 6) is -0.104. The fraction of sp³-hybridized carbons (Fsp3) is 0.188. The molecule has 4 heteroatoms. The number of anilines is 1. The van der Waals surface area contributed by atoms with Crippen LogP contribution in [-0.2, 0) is 6.54 Å². The molecule has 0 aliphatic heterocycles. The summed E-state index contributed by atoms with van der Waals surface area (Å²) >= 11 is 6.05. The Morgan fingerprint density at radius 2 is 1.80 bits per heavy atom. The van der Waals surface area contributed by atoms with Gasteiger partial charge in [-0.3, -0.25) is 4.79 Å². The van der Waals surface area contributed by atoms with Crippen LogP contribution >= 0.6 is 11.6 Å². The highest BCUT2D eigenvalue weighted by atomic mass is 35.5. The number of hydrogen-bond acceptors (Lipinski definition) is 2. The van der Waals surface area contributed by atoms with Crippen molar-refractivity contribution < 1.29 is 4.79 Å². The van der Waals surface area contributed by atoms with E-state index in [2.05, 4.69) is 10.6 Å². The average Bonchev–Trinajstić information content (AvgIpc) is 2.47. The fourth-order valence-electron chi connectivity index (χ4n) is 1.86. The molecule has 0 atom stereocenters. The summed E-state index contributed by atoms with van der Waals surface area (Å²) in [5, 5.41) is 6.72. The lowest BCUT2D eigenvalue weighted by Crippen LogP contribution is -2.22. The van der Waals surface area contributed by atoms with Gasteiger partial charge in [0.2, 0.25) is 0 Å². The van der Waals surface area contributed by atoms with Crippen molar-refractivity contribution >= 4 is 23.2 Å². The molecule has 2 aromatic carbocycles. The topological polar surface area (TPSA) is 41.1 Å². The Hall–Kier alpha value is -2.00. The van der Waals surface area contributed by atoms with Crippen molar-refractivity contribution in [1.29, 1.82) is 0 Å². The molecule has 0 unspecified atom stereocenters. The van der Waals surface area contributed by atoms with Crippen LogP contribution < -0.4 is 10.6 Å². The zero-order valence-corrected chi connectivity index (χ0v) is 12.1. The third-order valence-electron chi connectivity index (χ3n) is 2.93. The quantitative estimate of drug-likeness (QED) is 0.881. The minimum Gasteiger partial charge on any atom is -0.385 e. The Morgan fingerprint density at radius 3 is 2.45 bits per heavy atom. The normalized spacial score (nSPS) is 10.1. The van der Waals surface area contributed by atoms with E-state index in [0.717, 1.165) is 17.8 Å². The largest absolute Gasteiger partial charge is 0.385 e. The van der Waals surface area contributed by atoms with Crippen molar-refractivity contribution in [3.63, 3.8) is 0 Å². The second kappa shape index (κ2) is 6.96. The van der Waals surface area contributed by atoms with Crippen LogP contribution in [0.1, 0.15) is 22.8 Å². The summed E-state index contributed by atoms with van der Waals surface area (Å²) in [6.45, 7) is 3.32. The molecule has 3 nitrogen and oxygen atoms in total. The fourth-order valence-corrected chi connectivity index (χ4v) is 2.07. The van der Waals surface area contributed by atoms with Crippen LogP contribution in [0, 0.1) is 0 Å². The van der Waals surface area contributed by atoms with Crippen LogP contribution in [0.5, 0.6) is 0 Å². The highest BCUT2D eigenvalue weighted by Crippen LogP contribution is 2.15. The molecule has 0 spiro atoms.